The predicted octanol–water partition coefficient (Wildman–Crippen LogP) is -1.07. The molecule has 3 aromatic rings. The van der Waals surface area contributed by atoms with Crippen LogP contribution >= 0.6 is 0 Å². The van der Waals surface area contributed by atoms with Crippen molar-refractivity contribution in [2.75, 3.05) is 6.54 Å². The van der Waals surface area contributed by atoms with Gasteiger partial charge in [-0.25, -0.2) is 22.9 Å². The Labute approximate surface area is 188 Å². The Hall–Kier alpha value is -3.69. The number of carbonyl (C=O) groups is 2. The molecule has 0 bridgehead atoms. The second-order valence-electron chi connectivity index (χ2n) is 7.25. The summed E-state index contributed by atoms with van der Waals surface area (Å²) in [6.45, 7) is 0.521. The van der Waals surface area contributed by atoms with E-state index in [1.807, 2.05) is 4.90 Å². The van der Waals surface area contributed by atoms with E-state index >= 15 is 0 Å². The first-order chi connectivity index (χ1) is 15.6. The SMILES string of the molecule is NS(=O)(=O)c1ccc(CCN(Cc2cn(CC(=O)O)nn2)Cc2cn(CC(=O)O)nn2)cc1. The van der Waals surface area contributed by atoms with Crippen LogP contribution < -0.4 is 5.14 Å². The van der Waals surface area contributed by atoms with E-state index in [0.29, 0.717) is 37.4 Å². The number of hydrogen-bond donors (Lipinski definition) is 3. The van der Waals surface area contributed by atoms with E-state index in [2.05, 4.69) is 20.6 Å². The summed E-state index contributed by atoms with van der Waals surface area (Å²) in [7, 11) is -3.77. The molecule has 0 aliphatic rings. The molecule has 0 unspecified atom stereocenters. The first-order valence-electron chi connectivity index (χ1n) is 9.64. The van der Waals surface area contributed by atoms with Gasteiger partial charge in [-0.1, -0.05) is 22.6 Å². The minimum Gasteiger partial charge on any atom is -0.480 e. The molecular formula is C18H22N8O6S. The Kier molecular flexibility index (Phi) is 7.47. The van der Waals surface area contributed by atoms with Gasteiger partial charge in [-0.15, -0.1) is 10.2 Å². The zero-order chi connectivity index (χ0) is 24.0. The number of carboxylic acids is 2. The van der Waals surface area contributed by atoms with Gasteiger partial charge in [-0.2, -0.15) is 0 Å². The highest BCUT2D eigenvalue weighted by molar-refractivity contribution is 7.89. The van der Waals surface area contributed by atoms with Crippen LogP contribution in [0.5, 0.6) is 0 Å². The van der Waals surface area contributed by atoms with Crippen molar-refractivity contribution in [3.05, 3.63) is 53.6 Å². The van der Waals surface area contributed by atoms with Crippen molar-refractivity contribution < 1.29 is 28.2 Å². The van der Waals surface area contributed by atoms with Crippen LogP contribution in [0.1, 0.15) is 17.0 Å². The minimum absolute atomic E-state index is 0.0215. The summed E-state index contributed by atoms with van der Waals surface area (Å²) in [5.74, 6) is -2.08. The van der Waals surface area contributed by atoms with Gasteiger partial charge in [0.1, 0.15) is 13.1 Å². The normalized spacial score (nSPS) is 11.7. The Bertz CT molecular complexity index is 1160. The van der Waals surface area contributed by atoms with Crippen LogP contribution in [0.15, 0.2) is 41.6 Å². The Morgan fingerprint density at radius 1 is 0.909 bits per heavy atom. The lowest BCUT2D eigenvalue weighted by Crippen LogP contribution is -2.26. The van der Waals surface area contributed by atoms with Crippen LogP contribution in [0, 0.1) is 0 Å². The smallest absolute Gasteiger partial charge is 0.325 e. The van der Waals surface area contributed by atoms with Crippen molar-refractivity contribution in [2.45, 2.75) is 37.5 Å². The topological polar surface area (TPSA) is 199 Å². The highest BCUT2D eigenvalue weighted by Crippen LogP contribution is 2.12. The molecule has 0 amide bonds. The van der Waals surface area contributed by atoms with Gasteiger partial charge in [0.15, 0.2) is 0 Å². The van der Waals surface area contributed by atoms with Gasteiger partial charge in [-0.3, -0.25) is 14.5 Å². The number of carboxylic acid groups (broad SMARTS) is 2. The molecule has 0 aliphatic heterocycles. The zero-order valence-electron chi connectivity index (χ0n) is 17.4. The number of nitrogens with zero attached hydrogens (tertiary/aromatic N) is 7. The monoisotopic (exact) mass is 478 g/mol. The van der Waals surface area contributed by atoms with E-state index in [9.17, 15) is 18.0 Å². The predicted molar refractivity (Wildman–Crippen MR) is 111 cm³/mol. The number of benzene rings is 1. The maximum Gasteiger partial charge on any atom is 0.325 e. The molecule has 0 saturated carbocycles. The molecule has 4 N–H and O–H groups in total. The standard InChI is InChI=1S/C18H22N8O6S/c19-33(31,32)16-3-1-13(2-4-16)5-6-24(7-14-9-25(22-20-14)11-17(27)28)8-15-10-26(23-21-15)12-18(29)30/h1-4,9-10H,5-8,11-12H2,(H,27,28)(H,29,30)(H2,19,31,32). The van der Waals surface area contributed by atoms with Crippen molar-refractivity contribution in [3.8, 4) is 0 Å². The molecule has 0 atom stereocenters. The third kappa shape index (κ3) is 7.44. The second-order valence-corrected chi connectivity index (χ2v) is 8.81. The Morgan fingerprint density at radius 2 is 1.39 bits per heavy atom. The van der Waals surface area contributed by atoms with E-state index < -0.39 is 22.0 Å². The van der Waals surface area contributed by atoms with Crippen LogP contribution in [-0.4, -0.2) is 72.0 Å². The van der Waals surface area contributed by atoms with Gasteiger partial charge in [0.2, 0.25) is 10.0 Å². The lowest BCUT2D eigenvalue weighted by atomic mass is 10.1. The van der Waals surface area contributed by atoms with Gasteiger partial charge >= 0.3 is 11.9 Å². The molecule has 0 spiro atoms. The summed E-state index contributed by atoms with van der Waals surface area (Å²) < 4.78 is 25.3. The van der Waals surface area contributed by atoms with E-state index in [4.69, 9.17) is 15.4 Å². The second kappa shape index (κ2) is 10.3. The number of nitrogens with two attached hydrogens (primary N) is 1. The number of rotatable bonds is 12. The van der Waals surface area contributed by atoms with Crippen molar-refractivity contribution >= 4 is 22.0 Å². The number of aromatic nitrogens is 6. The van der Waals surface area contributed by atoms with Crippen molar-refractivity contribution in [3.63, 3.8) is 0 Å². The maximum atomic E-state index is 11.4. The lowest BCUT2D eigenvalue weighted by Gasteiger charge is -2.20. The molecule has 0 saturated heterocycles. The third-order valence-corrected chi connectivity index (χ3v) is 5.44. The largest absolute Gasteiger partial charge is 0.480 e. The number of sulfonamides is 1. The number of primary sulfonamides is 1. The molecule has 0 aliphatic carbocycles. The molecule has 2 aromatic heterocycles. The van der Waals surface area contributed by atoms with Crippen molar-refractivity contribution in [1.29, 1.82) is 0 Å². The Balaban J connectivity index is 1.71. The van der Waals surface area contributed by atoms with Gasteiger partial charge in [-0.05, 0) is 24.1 Å². The van der Waals surface area contributed by atoms with E-state index in [1.54, 1.807) is 12.1 Å². The third-order valence-electron chi connectivity index (χ3n) is 4.51. The van der Waals surface area contributed by atoms with Crippen LogP contribution in [0.4, 0.5) is 0 Å². The molecular weight excluding hydrogens is 456 g/mol. The van der Waals surface area contributed by atoms with Crippen LogP contribution in [0.3, 0.4) is 0 Å². The quantitative estimate of drug-likeness (QED) is 0.286. The molecule has 0 fully saturated rings. The molecule has 1 aromatic carbocycles. The van der Waals surface area contributed by atoms with Crippen LogP contribution in [0.25, 0.3) is 0 Å². The molecule has 3 rings (SSSR count). The first-order valence-corrected chi connectivity index (χ1v) is 11.2. The fourth-order valence-corrected chi connectivity index (χ4v) is 3.57. The minimum atomic E-state index is -3.77. The van der Waals surface area contributed by atoms with E-state index in [1.165, 1.54) is 33.9 Å². The van der Waals surface area contributed by atoms with Crippen LogP contribution in [0.2, 0.25) is 0 Å². The fourth-order valence-electron chi connectivity index (χ4n) is 3.06. The highest BCUT2D eigenvalue weighted by Gasteiger charge is 2.14. The zero-order valence-corrected chi connectivity index (χ0v) is 18.2. The summed E-state index contributed by atoms with van der Waals surface area (Å²) in [5.41, 5.74) is 1.95. The van der Waals surface area contributed by atoms with Gasteiger partial charge in [0.05, 0.1) is 28.7 Å². The summed E-state index contributed by atoms with van der Waals surface area (Å²) in [5, 5.41) is 38.5. The van der Waals surface area contributed by atoms with Gasteiger partial charge in [0, 0.05) is 19.6 Å². The summed E-state index contributed by atoms with van der Waals surface area (Å²) in [4.78, 5) is 23.7. The average molecular weight is 478 g/mol. The molecule has 2 heterocycles. The first kappa shape index (κ1) is 24.0. The number of hydrogen-bond acceptors (Lipinski definition) is 9. The number of aliphatic carboxylic acids is 2. The molecule has 176 valence electrons. The average Bonchev–Trinajstić information content (AvgIpc) is 3.34. The van der Waals surface area contributed by atoms with Crippen molar-refractivity contribution in [2.24, 2.45) is 5.14 Å². The lowest BCUT2D eigenvalue weighted by molar-refractivity contribution is -0.139. The van der Waals surface area contributed by atoms with Crippen LogP contribution in [-0.2, 0) is 52.2 Å². The van der Waals surface area contributed by atoms with Gasteiger partial charge in [0.25, 0.3) is 0 Å². The maximum absolute atomic E-state index is 11.4. The van der Waals surface area contributed by atoms with E-state index in [0.717, 1.165) is 5.56 Å². The molecule has 33 heavy (non-hydrogen) atoms. The Morgan fingerprint density at radius 3 is 1.82 bits per heavy atom. The summed E-state index contributed by atoms with van der Waals surface area (Å²) in [6.07, 6.45) is 3.62. The van der Waals surface area contributed by atoms with Gasteiger partial charge < -0.3 is 10.2 Å². The molecule has 0 radical (unpaired) electrons. The van der Waals surface area contributed by atoms with Crippen molar-refractivity contribution in [1.82, 2.24) is 34.9 Å². The molecule has 14 nitrogen and oxygen atoms in total. The van der Waals surface area contributed by atoms with E-state index in [-0.39, 0.29) is 18.0 Å². The summed E-state index contributed by atoms with van der Waals surface area (Å²) in [6, 6.07) is 6.21. The molecule has 15 heteroatoms. The highest BCUT2D eigenvalue weighted by atomic mass is 32.2. The summed E-state index contributed by atoms with van der Waals surface area (Å²) >= 11 is 0. The fraction of sp³-hybridized carbons (Fsp3) is 0.333.